The number of carbonyl (C=O) groups excluding carboxylic acids is 1. The summed E-state index contributed by atoms with van der Waals surface area (Å²) in [6.45, 7) is 3.22. The molecule has 0 radical (unpaired) electrons. The van der Waals surface area contributed by atoms with Gasteiger partial charge in [-0.2, -0.15) is 13.2 Å². The number of ether oxygens (including phenoxy) is 1. The number of aromatic nitrogens is 1. The molecule has 2 aromatic rings. The Morgan fingerprint density at radius 1 is 1.11 bits per heavy atom. The zero-order valence-corrected chi connectivity index (χ0v) is 20.2. The van der Waals surface area contributed by atoms with Crippen molar-refractivity contribution >= 4 is 34.6 Å². The standard InChI is InChI=1S/C25H27F3N4O2S/c1-16-21(25(26,27)28)14-18(15-30-16)31-22(33)24(10-3-11-24)32(23(31)35)17-5-7-20(8-6-17)34-19-4-2-12-29-13-9-19/h5-8,14-15,19,29H,2-4,9-13H2,1H3. The molecule has 2 saturated heterocycles. The van der Waals surface area contributed by atoms with Crippen molar-refractivity contribution in [2.75, 3.05) is 22.9 Å². The minimum atomic E-state index is -4.57. The van der Waals surface area contributed by atoms with E-state index < -0.39 is 17.3 Å². The van der Waals surface area contributed by atoms with Gasteiger partial charge in [0.15, 0.2) is 5.11 Å². The largest absolute Gasteiger partial charge is 0.490 e. The van der Waals surface area contributed by atoms with E-state index in [1.54, 1.807) is 4.90 Å². The van der Waals surface area contributed by atoms with Gasteiger partial charge in [0.2, 0.25) is 0 Å². The summed E-state index contributed by atoms with van der Waals surface area (Å²) in [7, 11) is 0. The normalized spacial score (nSPS) is 22.3. The van der Waals surface area contributed by atoms with Crippen molar-refractivity contribution in [3.05, 3.63) is 47.8 Å². The molecule has 1 N–H and O–H groups in total. The van der Waals surface area contributed by atoms with Crippen LogP contribution in [0.5, 0.6) is 5.75 Å². The van der Waals surface area contributed by atoms with E-state index in [9.17, 15) is 18.0 Å². The van der Waals surface area contributed by atoms with Crippen molar-refractivity contribution in [2.24, 2.45) is 0 Å². The van der Waals surface area contributed by atoms with Crippen LogP contribution in [0.4, 0.5) is 24.5 Å². The van der Waals surface area contributed by atoms with Crippen LogP contribution in [-0.2, 0) is 11.0 Å². The van der Waals surface area contributed by atoms with Crippen LogP contribution in [0.15, 0.2) is 36.5 Å². The fourth-order valence-corrected chi connectivity index (χ4v) is 5.58. The molecule has 3 aliphatic rings. The highest BCUT2D eigenvalue weighted by molar-refractivity contribution is 7.81. The number of benzene rings is 1. The first-order chi connectivity index (χ1) is 16.7. The monoisotopic (exact) mass is 504 g/mol. The van der Waals surface area contributed by atoms with Crippen LogP contribution >= 0.6 is 12.2 Å². The summed E-state index contributed by atoms with van der Waals surface area (Å²) in [4.78, 5) is 20.5. The Hall–Kier alpha value is -2.72. The maximum absolute atomic E-state index is 13.6. The van der Waals surface area contributed by atoms with Gasteiger partial charge in [-0.05, 0) is 101 Å². The zero-order chi connectivity index (χ0) is 24.8. The van der Waals surface area contributed by atoms with Gasteiger partial charge in [0, 0.05) is 11.4 Å². The molecular formula is C25H27F3N4O2S. The highest BCUT2D eigenvalue weighted by atomic mass is 32.1. The Kier molecular flexibility index (Phi) is 6.21. The lowest BCUT2D eigenvalue weighted by Gasteiger charge is -2.43. The van der Waals surface area contributed by atoms with Gasteiger partial charge in [-0.15, -0.1) is 0 Å². The van der Waals surface area contributed by atoms with E-state index in [-0.39, 0.29) is 28.5 Å². The lowest BCUT2D eigenvalue weighted by Crippen LogP contribution is -2.55. The third kappa shape index (κ3) is 4.27. The topological polar surface area (TPSA) is 57.7 Å². The predicted molar refractivity (Wildman–Crippen MR) is 131 cm³/mol. The summed E-state index contributed by atoms with van der Waals surface area (Å²) in [5, 5.41) is 3.53. The van der Waals surface area contributed by atoms with Gasteiger partial charge in [0.1, 0.15) is 11.3 Å². The number of rotatable bonds is 4. The van der Waals surface area contributed by atoms with Crippen LogP contribution in [0.25, 0.3) is 0 Å². The van der Waals surface area contributed by atoms with E-state index in [0.29, 0.717) is 12.8 Å². The van der Waals surface area contributed by atoms with E-state index in [1.807, 2.05) is 24.3 Å². The zero-order valence-electron chi connectivity index (χ0n) is 19.4. The fraction of sp³-hybridized carbons (Fsp3) is 0.480. The van der Waals surface area contributed by atoms with Crippen LogP contribution in [0, 0.1) is 6.92 Å². The maximum atomic E-state index is 13.6. The van der Waals surface area contributed by atoms with E-state index in [2.05, 4.69) is 10.3 Å². The molecule has 186 valence electrons. The number of thiocarbonyl (C=S) groups is 1. The molecule has 1 atom stereocenters. The van der Waals surface area contributed by atoms with Crippen molar-refractivity contribution < 1.29 is 22.7 Å². The number of anilines is 2. The Balaban J connectivity index is 1.43. The number of hydrogen-bond acceptors (Lipinski definition) is 5. The molecule has 1 aromatic heterocycles. The van der Waals surface area contributed by atoms with Crippen LogP contribution in [0.3, 0.4) is 0 Å². The first kappa shape index (κ1) is 24.0. The lowest BCUT2D eigenvalue weighted by atomic mass is 9.75. The molecular weight excluding hydrogens is 477 g/mol. The number of nitrogens with zero attached hydrogens (tertiary/aromatic N) is 3. The number of aryl methyl sites for hydroxylation is 1. The van der Waals surface area contributed by atoms with Crippen molar-refractivity contribution in [3.8, 4) is 5.75 Å². The molecule has 2 aliphatic heterocycles. The van der Waals surface area contributed by atoms with E-state index >= 15 is 0 Å². The first-order valence-electron chi connectivity index (χ1n) is 11.9. The number of amides is 1. The predicted octanol–water partition coefficient (Wildman–Crippen LogP) is 4.99. The average Bonchev–Trinajstić information content (AvgIpc) is 2.92. The Labute approximate surface area is 207 Å². The van der Waals surface area contributed by atoms with Gasteiger partial charge in [-0.1, -0.05) is 0 Å². The molecule has 10 heteroatoms. The molecule has 3 heterocycles. The molecule has 35 heavy (non-hydrogen) atoms. The van der Waals surface area contributed by atoms with Crippen LogP contribution in [-0.4, -0.2) is 40.7 Å². The van der Waals surface area contributed by atoms with Gasteiger partial charge in [0.25, 0.3) is 5.91 Å². The second kappa shape index (κ2) is 9.05. The van der Waals surface area contributed by atoms with Gasteiger partial charge >= 0.3 is 6.18 Å². The first-order valence-corrected chi connectivity index (χ1v) is 12.3. The highest BCUT2D eigenvalue weighted by Crippen LogP contribution is 2.48. The second-order valence-electron chi connectivity index (χ2n) is 9.38. The van der Waals surface area contributed by atoms with Gasteiger partial charge in [-0.25, -0.2) is 0 Å². The van der Waals surface area contributed by atoms with Crippen molar-refractivity contribution in [2.45, 2.75) is 63.3 Å². The molecule has 6 nitrogen and oxygen atoms in total. The number of alkyl halides is 3. The lowest BCUT2D eigenvalue weighted by molar-refractivity contribution is -0.138. The molecule has 1 aliphatic carbocycles. The molecule has 1 spiro atoms. The quantitative estimate of drug-likeness (QED) is 0.592. The summed E-state index contributed by atoms with van der Waals surface area (Å²) in [5.74, 6) is 0.438. The maximum Gasteiger partial charge on any atom is 0.418 e. The molecule has 3 fully saturated rings. The van der Waals surface area contributed by atoms with Crippen LogP contribution < -0.4 is 19.9 Å². The third-order valence-electron chi connectivity index (χ3n) is 7.15. The summed E-state index contributed by atoms with van der Waals surface area (Å²) < 4.78 is 46.7. The van der Waals surface area contributed by atoms with Crippen molar-refractivity contribution in [1.82, 2.24) is 10.3 Å². The third-order valence-corrected chi connectivity index (χ3v) is 7.51. The van der Waals surface area contributed by atoms with Crippen molar-refractivity contribution in [1.29, 1.82) is 0 Å². The number of pyridine rings is 1. The minimum Gasteiger partial charge on any atom is -0.490 e. The molecule has 0 bridgehead atoms. The Bertz CT molecular complexity index is 1130. The van der Waals surface area contributed by atoms with Gasteiger partial charge in [0.05, 0.1) is 23.6 Å². The summed E-state index contributed by atoms with van der Waals surface area (Å²) in [6.07, 6.45) is 1.86. The summed E-state index contributed by atoms with van der Waals surface area (Å²) in [6, 6.07) is 8.42. The molecule has 5 rings (SSSR count). The average molecular weight is 505 g/mol. The number of halogens is 3. The van der Waals surface area contributed by atoms with Gasteiger partial charge in [-0.3, -0.25) is 14.7 Å². The number of nitrogens with one attached hydrogen (secondary N) is 1. The SMILES string of the molecule is Cc1ncc(N2C(=O)C3(CCC3)N(c3ccc(OC4CCCNCC4)cc3)C2=S)cc1C(F)(F)F. The Morgan fingerprint density at radius 2 is 1.86 bits per heavy atom. The van der Waals surface area contributed by atoms with E-state index in [1.165, 1.54) is 18.0 Å². The number of hydrogen-bond donors (Lipinski definition) is 1. The molecule has 1 aromatic carbocycles. The molecule has 1 amide bonds. The second-order valence-corrected chi connectivity index (χ2v) is 9.75. The molecule has 1 unspecified atom stereocenters. The fourth-order valence-electron chi connectivity index (χ4n) is 5.11. The van der Waals surface area contributed by atoms with Crippen LogP contribution in [0.1, 0.15) is 49.8 Å². The summed E-state index contributed by atoms with van der Waals surface area (Å²) >= 11 is 5.68. The molecule has 1 saturated carbocycles. The van der Waals surface area contributed by atoms with Crippen molar-refractivity contribution in [3.63, 3.8) is 0 Å². The van der Waals surface area contributed by atoms with Gasteiger partial charge < -0.3 is 15.0 Å². The Morgan fingerprint density at radius 3 is 2.51 bits per heavy atom. The van der Waals surface area contributed by atoms with Crippen LogP contribution in [0.2, 0.25) is 0 Å². The number of carbonyl (C=O) groups is 1. The smallest absolute Gasteiger partial charge is 0.418 e. The summed E-state index contributed by atoms with van der Waals surface area (Å²) in [5.41, 5.74) is -1.14. The van der Waals surface area contributed by atoms with E-state index in [0.717, 1.165) is 56.3 Å². The highest BCUT2D eigenvalue weighted by Gasteiger charge is 2.59. The van der Waals surface area contributed by atoms with E-state index in [4.69, 9.17) is 17.0 Å². The minimum absolute atomic E-state index is 0.0358.